The molecule has 8 rings (SSSR count). The van der Waals surface area contributed by atoms with Crippen molar-refractivity contribution in [3.8, 4) is 33.6 Å². The van der Waals surface area contributed by atoms with Gasteiger partial charge in [-0.15, -0.1) is 0 Å². The van der Waals surface area contributed by atoms with Crippen LogP contribution in [0.5, 0.6) is 0 Å². The van der Waals surface area contributed by atoms with Gasteiger partial charge >= 0.3 is 0 Å². The van der Waals surface area contributed by atoms with E-state index >= 15 is 0 Å². The Morgan fingerprint density at radius 3 is 1.70 bits per heavy atom. The number of hydrogen-bond donors (Lipinski definition) is 0. The van der Waals surface area contributed by atoms with Gasteiger partial charge in [-0.05, 0) is 63.0 Å². The Kier molecular flexibility index (Phi) is 5.14. The predicted molar refractivity (Wildman–Crippen MR) is 166 cm³/mol. The minimum atomic E-state index is 0.896. The number of hydrogen-bond acceptors (Lipinski definition) is 3. The van der Waals surface area contributed by atoms with Gasteiger partial charge in [0, 0.05) is 34.3 Å². The molecule has 0 saturated heterocycles. The topological polar surface area (TPSA) is 38.7 Å². The quantitative estimate of drug-likeness (QED) is 0.223. The zero-order valence-electron chi connectivity index (χ0n) is 21.6. The van der Waals surface area contributed by atoms with E-state index in [0.717, 1.165) is 44.3 Å². The maximum atomic E-state index is 5.12. The molecule has 0 atom stereocenters. The van der Waals surface area contributed by atoms with E-state index < -0.39 is 0 Å². The zero-order chi connectivity index (χ0) is 26.5. The van der Waals surface area contributed by atoms with Crippen LogP contribution in [0.25, 0.3) is 77.0 Å². The largest absolute Gasteiger partial charge is 0.264 e. The monoisotopic (exact) mass is 509 g/mol. The van der Waals surface area contributed by atoms with Crippen molar-refractivity contribution in [1.82, 2.24) is 15.0 Å². The Labute approximate surface area is 231 Å². The van der Waals surface area contributed by atoms with Crippen molar-refractivity contribution >= 4 is 43.4 Å². The van der Waals surface area contributed by atoms with Crippen LogP contribution in [0.2, 0.25) is 0 Å². The van der Waals surface area contributed by atoms with Crippen LogP contribution in [0, 0.1) is 0 Å². The molecule has 5 aromatic carbocycles. The number of rotatable bonds is 3. The Bertz CT molecular complexity index is 2200. The van der Waals surface area contributed by atoms with Gasteiger partial charge in [-0.25, -0.2) is 9.97 Å². The molecule has 0 bridgehead atoms. The first-order valence-corrected chi connectivity index (χ1v) is 13.4. The smallest absolute Gasteiger partial charge is 0.0972 e. The lowest BCUT2D eigenvalue weighted by Crippen LogP contribution is -1.91. The maximum Gasteiger partial charge on any atom is 0.0972 e. The number of pyridine rings is 3. The van der Waals surface area contributed by atoms with Gasteiger partial charge in [0.2, 0.25) is 0 Å². The van der Waals surface area contributed by atoms with E-state index in [0.29, 0.717) is 0 Å². The molecule has 0 saturated carbocycles. The van der Waals surface area contributed by atoms with E-state index in [2.05, 4.69) is 114 Å². The molecule has 0 aliphatic rings. The van der Waals surface area contributed by atoms with Gasteiger partial charge in [-0.3, -0.25) is 4.98 Å². The molecular weight excluding hydrogens is 486 g/mol. The highest BCUT2D eigenvalue weighted by Crippen LogP contribution is 2.36. The Morgan fingerprint density at radius 2 is 1.00 bits per heavy atom. The Morgan fingerprint density at radius 1 is 0.400 bits per heavy atom. The fourth-order valence-electron chi connectivity index (χ4n) is 5.72. The predicted octanol–water partition coefficient (Wildman–Crippen LogP) is 9.49. The van der Waals surface area contributed by atoms with Crippen LogP contribution < -0.4 is 0 Å². The van der Waals surface area contributed by atoms with Crippen LogP contribution in [-0.4, -0.2) is 15.0 Å². The fourth-order valence-corrected chi connectivity index (χ4v) is 5.72. The van der Waals surface area contributed by atoms with Crippen molar-refractivity contribution in [3.05, 3.63) is 140 Å². The number of aromatic nitrogens is 3. The molecule has 3 aromatic heterocycles. The fraction of sp³-hybridized carbons (Fsp3) is 0. The first kappa shape index (κ1) is 22.6. The maximum absolute atomic E-state index is 5.12. The minimum Gasteiger partial charge on any atom is -0.264 e. The van der Waals surface area contributed by atoms with Gasteiger partial charge < -0.3 is 0 Å². The molecule has 0 aliphatic heterocycles. The Hall–Kier alpha value is -5.41. The van der Waals surface area contributed by atoms with Crippen molar-refractivity contribution in [2.45, 2.75) is 0 Å². The molecule has 8 aromatic rings. The summed E-state index contributed by atoms with van der Waals surface area (Å²) >= 11 is 0. The summed E-state index contributed by atoms with van der Waals surface area (Å²) in [5.41, 5.74) is 8.15. The summed E-state index contributed by atoms with van der Waals surface area (Å²) in [5, 5.41) is 7.23. The molecule has 40 heavy (non-hydrogen) atoms. The third-order valence-corrected chi connectivity index (χ3v) is 7.74. The second-order valence-corrected chi connectivity index (χ2v) is 10.1. The van der Waals surface area contributed by atoms with E-state index in [-0.39, 0.29) is 0 Å². The second-order valence-electron chi connectivity index (χ2n) is 10.1. The number of nitrogens with zero attached hydrogens (tertiary/aromatic N) is 3. The van der Waals surface area contributed by atoms with Crippen molar-refractivity contribution < 1.29 is 0 Å². The third-order valence-electron chi connectivity index (χ3n) is 7.74. The van der Waals surface area contributed by atoms with Gasteiger partial charge in [-0.2, -0.15) is 0 Å². The highest BCUT2D eigenvalue weighted by molar-refractivity contribution is 6.13. The standard InChI is InChI=1S/C37H23N3/c1-2-8-30-28(6-1)22-33(32-10-4-3-9-31(30)32)24-11-13-25(14-12-24)34-19-17-26-15-16-27-18-20-35(29-7-5-21-38-23-29)40-37(27)36(26)39-34/h1-23H. The number of fused-ring (bicyclic) bond motifs is 6. The van der Waals surface area contributed by atoms with Crippen LogP contribution >= 0.6 is 0 Å². The van der Waals surface area contributed by atoms with Gasteiger partial charge in [0.1, 0.15) is 0 Å². The highest BCUT2D eigenvalue weighted by atomic mass is 14.8. The molecule has 3 heteroatoms. The van der Waals surface area contributed by atoms with Crippen LogP contribution in [0.1, 0.15) is 0 Å². The third kappa shape index (κ3) is 3.71. The van der Waals surface area contributed by atoms with Crippen LogP contribution in [0.15, 0.2) is 140 Å². The zero-order valence-corrected chi connectivity index (χ0v) is 21.6. The van der Waals surface area contributed by atoms with E-state index in [1.807, 2.05) is 24.4 Å². The van der Waals surface area contributed by atoms with Gasteiger partial charge in [0.05, 0.1) is 22.4 Å². The molecule has 0 unspecified atom stereocenters. The summed E-state index contributed by atoms with van der Waals surface area (Å²) < 4.78 is 0. The first-order valence-electron chi connectivity index (χ1n) is 13.4. The highest BCUT2D eigenvalue weighted by Gasteiger charge is 2.11. The van der Waals surface area contributed by atoms with Gasteiger partial charge in [-0.1, -0.05) is 97.1 Å². The van der Waals surface area contributed by atoms with E-state index in [1.165, 1.54) is 32.7 Å². The van der Waals surface area contributed by atoms with Gasteiger partial charge in [0.25, 0.3) is 0 Å². The molecule has 0 spiro atoms. The molecular formula is C37H23N3. The first-order chi connectivity index (χ1) is 19.8. The van der Waals surface area contributed by atoms with Crippen molar-refractivity contribution in [3.63, 3.8) is 0 Å². The van der Waals surface area contributed by atoms with E-state index in [1.54, 1.807) is 6.20 Å². The second kappa shape index (κ2) is 9.11. The average Bonchev–Trinajstić information content (AvgIpc) is 3.04. The molecule has 186 valence electrons. The molecule has 0 radical (unpaired) electrons. The van der Waals surface area contributed by atoms with Crippen LogP contribution in [-0.2, 0) is 0 Å². The summed E-state index contributed by atoms with van der Waals surface area (Å²) in [6.45, 7) is 0. The molecule has 0 N–H and O–H groups in total. The molecule has 0 aliphatic carbocycles. The summed E-state index contributed by atoms with van der Waals surface area (Å²) in [5.74, 6) is 0. The molecule has 0 amide bonds. The Balaban J connectivity index is 1.24. The normalized spacial score (nSPS) is 11.5. The molecule has 3 nitrogen and oxygen atoms in total. The summed E-state index contributed by atoms with van der Waals surface area (Å²) in [6, 6.07) is 44.9. The van der Waals surface area contributed by atoms with Crippen molar-refractivity contribution in [1.29, 1.82) is 0 Å². The summed E-state index contributed by atoms with van der Waals surface area (Å²) in [4.78, 5) is 14.4. The average molecular weight is 510 g/mol. The SMILES string of the molecule is c1cncc(-c2ccc3ccc4ccc(-c5ccc(-c6cc7ccccc7c7ccccc67)cc5)nc4c3n2)c1. The van der Waals surface area contributed by atoms with Crippen molar-refractivity contribution in [2.75, 3.05) is 0 Å². The van der Waals surface area contributed by atoms with Gasteiger partial charge in [0.15, 0.2) is 0 Å². The van der Waals surface area contributed by atoms with Crippen LogP contribution in [0.3, 0.4) is 0 Å². The lowest BCUT2D eigenvalue weighted by atomic mass is 9.93. The van der Waals surface area contributed by atoms with E-state index in [9.17, 15) is 0 Å². The molecule has 0 fully saturated rings. The van der Waals surface area contributed by atoms with E-state index in [4.69, 9.17) is 9.97 Å². The minimum absolute atomic E-state index is 0.896. The van der Waals surface area contributed by atoms with Crippen LogP contribution in [0.4, 0.5) is 0 Å². The lowest BCUT2D eigenvalue weighted by molar-refractivity contribution is 1.30. The molecule has 3 heterocycles. The van der Waals surface area contributed by atoms with Crippen molar-refractivity contribution in [2.24, 2.45) is 0 Å². The number of benzene rings is 5. The lowest BCUT2D eigenvalue weighted by Gasteiger charge is -2.12. The summed E-state index contributed by atoms with van der Waals surface area (Å²) in [6.07, 6.45) is 3.62. The summed E-state index contributed by atoms with van der Waals surface area (Å²) in [7, 11) is 0.